The summed E-state index contributed by atoms with van der Waals surface area (Å²) in [6.45, 7) is 11.5. The third kappa shape index (κ3) is 5.02. The summed E-state index contributed by atoms with van der Waals surface area (Å²) in [6.07, 6.45) is 4.08. The lowest BCUT2D eigenvalue weighted by Crippen LogP contribution is -2.44. The monoisotopic (exact) mass is 373 g/mol. The lowest BCUT2D eigenvalue weighted by atomic mass is 9.79. The van der Waals surface area contributed by atoms with E-state index < -0.39 is 0 Å². The first-order valence-corrected chi connectivity index (χ1v) is 10.6. The van der Waals surface area contributed by atoms with Crippen molar-refractivity contribution < 1.29 is 9.47 Å². The van der Waals surface area contributed by atoms with Crippen molar-refractivity contribution in [3.63, 3.8) is 0 Å². The Hall–Kier alpha value is -1.14. The highest BCUT2D eigenvalue weighted by atomic mass is 16.5. The first-order valence-electron chi connectivity index (χ1n) is 10.6. The number of ether oxygens (including phenoxy) is 2. The number of para-hydroxylation sites is 1. The molecule has 0 unspecified atom stereocenters. The van der Waals surface area contributed by atoms with Crippen LogP contribution in [-0.4, -0.2) is 87.4 Å². The topological polar surface area (TPSA) is 28.2 Å². The zero-order chi connectivity index (χ0) is 18.5. The van der Waals surface area contributed by atoms with Gasteiger partial charge in [-0.15, -0.1) is 0 Å². The SMILES string of the molecule is CN1CC[C@]2(CCCN(Cc3ccccc3OCCN3CCOCC3)C2)C1. The number of benzene rings is 1. The first-order chi connectivity index (χ1) is 13.2. The summed E-state index contributed by atoms with van der Waals surface area (Å²) < 4.78 is 11.6. The van der Waals surface area contributed by atoms with Gasteiger partial charge < -0.3 is 14.4 Å². The van der Waals surface area contributed by atoms with E-state index in [4.69, 9.17) is 9.47 Å². The molecule has 0 N–H and O–H groups in total. The highest BCUT2D eigenvalue weighted by Gasteiger charge is 2.40. The summed E-state index contributed by atoms with van der Waals surface area (Å²) in [4.78, 5) is 7.59. The molecule has 3 heterocycles. The molecular formula is C22H35N3O2. The molecule has 1 atom stereocenters. The number of rotatable bonds is 6. The second-order valence-corrected chi connectivity index (χ2v) is 8.71. The number of hydrogen-bond donors (Lipinski definition) is 0. The third-order valence-electron chi connectivity index (χ3n) is 6.50. The summed E-state index contributed by atoms with van der Waals surface area (Å²) >= 11 is 0. The van der Waals surface area contributed by atoms with Crippen LogP contribution in [0.5, 0.6) is 5.75 Å². The molecule has 0 saturated carbocycles. The molecule has 0 amide bonds. The maximum Gasteiger partial charge on any atom is 0.123 e. The van der Waals surface area contributed by atoms with Crippen LogP contribution in [0.1, 0.15) is 24.8 Å². The van der Waals surface area contributed by atoms with Crippen LogP contribution in [0, 0.1) is 5.41 Å². The predicted molar refractivity (Wildman–Crippen MR) is 108 cm³/mol. The smallest absolute Gasteiger partial charge is 0.123 e. The lowest BCUT2D eigenvalue weighted by Gasteiger charge is -2.40. The van der Waals surface area contributed by atoms with Gasteiger partial charge in [-0.1, -0.05) is 18.2 Å². The molecular weight excluding hydrogens is 338 g/mol. The molecule has 4 rings (SSSR count). The number of hydrogen-bond acceptors (Lipinski definition) is 5. The first kappa shape index (κ1) is 19.2. The van der Waals surface area contributed by atoms with Gasteiger partial charge in [-0.3, -0.25) is 9.80 Å². The van der Waals surface area contributed by atoms with Crippen molar-refractivity contribution in [1.82, 2.24) is 14.7 Å². The molecule has 0 aliphatic carbocycles. The van der Waals surface area contributed by atoms with Gasteiger partial charge in [0.15, 0.2) is 0 Å². The van der Waals surface area contributed by atoms with Gasteiger partial charge in [-0.25, -0.2) is 0 Å². The Morgan fingerprint density at radius 1 is 1.00 bits per heavy atom. The van der Waals surface area contributed by atoms with Crippen molar-refractivity contribution in [2.24, 2.45) is 5.41 Å². The van der Waals surface area contributed by atoms with E-state index in [0.717, 1.165) is 51.7 Å². The molecule has 27 heavy (non-hydrogen) atoms. The minimum atomic E-state index is 0.527. The standard InChI is InChI=1S/C22H35N3O2/c1-23-10-8-22(18-23)7-4-9-25(19-22)17-20-5-2-3-6-21(20)27-16-13-24-11-14-26-15-12-24/h2-3,5-6H,4,7-19H2,1H3/t22-/m1/s1. The minimum Gasteiger partial charge on any atom is -0.492 e. The summed E-state index contributed by atoms with van der Waals surface area (Å²) in [5.41, 5.74) is 1.86. The Kier molecular flexibility index (Phi) is 6.33. The Morgan fingerprint density at radius 3 is 2.67 bits per heavy atom. The molecule has 150 valence electrons. The minimum absolute atomic E-state index is 0.527. The van der Waals surface area contributed by atoms with Gasteiger partial charge in [0, 0.05) is 44.8 Å². The molecule has 3 fully saturated rings. The lowest BCUT2D eigenvalue weighted by molar-refractivity contribution is 0.0321. The van der Waals surface area contributed by atoms with Crippen molar-refractivity contribution in [2.75, 3.05) is 72.7 Å². The van der Waals surface area contributed by atoms with Crippen LogP contribution < -0.4 is 4.74 Å². The number of morpholine rings is 1. The van der Waals surface area contributed by atoms with E-state index in [9.17, 15) is 0 Å². The van der Waals surface area contributed by atoms with Gasteiger partial charge in [-0.2, -0.15) is 0 Å². The predicted octanol–water partition coefficient (Wildman–Crippen LogP) is 2.32. The van der Waals surface area contributed by atoms with E-state index in [1.807, 2.05) is 0 Å². The Labute approximate surface area is 164 Å². The largest absolute Gasteiger partial charge is 0.492 e. The number of nitrogens with zero attached hydrogens (tertiary/aromatic N) is 3. The molecule has 3 aliphatic heterocycles. The van der Waals surface area contributed by atoms with Crippen molar-refractivity contribution in [3.8, 4) is 5.75 Å². The van der Waals surface area contributed by atoms with Crippen molar-refractivity contribution in [1.29, 1.82) is 0 Å². The maximum absolute atomic E-state index is 6.20. The van der Waals surface area contributed by atoms with Gasteiger partial charge in [0.2, 0.25) is 0 Å². The normalized spacial score (nSPS) is 28.0. The van der Waals surface area contributed by atoms with E-state index in [0.29, 0.717) is 5.41 Å². The summed E-state index contributed by atoms with van der Waals surface area (Å²) in [6, 6.07) is 8.62. The quantitative estimate of drug-likeness (QED) is 0.763. The zero-order valence-corrected chi connectivity index (χ0v) is 16.9. The van der Waals surface area contributed by atoms with E-state index >= 15 is 0 Å². The van der Waals surface area contributed by atoms with Gasteiger partial charge >= 0.3 is 0 Å². The molecule has 3 aliphatic rings. The fraction of sp³-hybridized carbons (Fsp3) is 0.727. The Balaban J connectivity index is 1.32. The molecule has 1 aromatic carbocycles. The fourth-order valence-electron chi connectivity index (χ4n) is 5.06. The highest BCUT2D eigenvalue weighted by molar-refractivity contribution is 5.33. The zero-order valence-electron chi connectivity index (χ0n) is 16.9. The van der Waals surface area contributed by atoms with Crippen molar-refractivity contribution in [3.05, 3.63) is 29.8 Å². The number of likely N-dealkylation sites (tertiary alicyclic amines) is 2. The molecule has 0 radical (unpaired) electrons. The second kappa shape index (κ2) is 8.91. The van der Waals surface area contributed by atoms with Crippen LogP contribution in [0.15, 0.2) is 24.3 Å². The van der Waals surface area contributed by atoms with Crippen LogP contribution in [0.4, 0.5) is 0 Å². The van der Waals surface area contributed by atoms with E-state index in [1.54, 1.807) is 0 Å². The molecule has 5 heteroatoms. The van der Waals surface area contributed by atoms with Crippen LogP contribution in [-0.2, 0) is 11.3 Å². The molecule has 3 saturated heterocycles. The van der Waals surface area contributed by atoms with E-state index in [-0.39, 0.29) is 0 Å². The molecule has 0 bridgehead atoms. The summed E-state index contributed by atoms with van der Waals surface area (Å²) in [5, 5.41) is 0. The van der Waals surface area contributed by atoms with Crippen molar-refractivity contribution in [2.45, 2.75) is 25.8 Å². The molecule has 0 aromatic heterocycles. The van der Waals surface area contributed by atoms with E-state index in [1.165, 1.54) is 51.0 Å². The van der Waals surface area contributed by atoms with E-state index in [2.05, 4.69) is 46.0 Å². The van der Waals surface area contributed by atoms with Gasteiger partial charge in [0.05, 0.1) is 13.2 Å². The van der Waals surface area contributed by atoms with Crippen LogP contribution >= 0.6 is 0 Å². The number of piperidine rings is 1. The fourth-order valence-corrected chi connectivity index (χ4v) is 5.06. The van der Waals surface area contributed by atoms with Gasteiger partial charge in [0.1, 0.15) is 12.4 Å². The second-order valence-electron chi connectivity index (χ2n) is 8.71. The molecule has 1 aromatic rings. The van der Waals surface area contributed by atoms with Crippen molar-refractivity contribution >= 4 is 0 Å². The third-order valence-corrected chi connectivity index (χ3v) is 6.50. The summed E-state index contributed by atoms with van der Waals surface area (Å²) in [7, 11) is 2.27. The average Bonchev–Trinajstić information content (AvgIpc) is 3.04. The van der Waals surface area contributed by atoms with Gasteiger partial charge in [0.25, 0.3) is 0 Å². The maximum atomic E-state index is 6.20. The Bertz CT molecular complexity index is 601. The Morgan fingerprint density at radius 2 is 1.85 bits per heavy atom. The summed E-state index contributed by atoms with van der Waals surface area (Å²) in [5.74, 6) is 1.06. The molecule has 1 spiro atoms. The van der Waals surface area contributed by atoms with Crippen LogP contribution in [0.25, 0.3) is 0 Å². The molecule has 5 nitrogen and oxygen atoms in total. The van der Waals surface area contributed by atoms with Crippen LogP contribution in [0.3, 0.4) is 0 Å². The van der Waals surface area contributed by atoms with Gasteiger partial charge in [-0.05, 0) is 50.9 Å². The van der Waals surface area contributed by atoms with Crippen LogP contribution in [0.2, 0.25) is 0 Å². The highest BCUT2D eigenvalue weighted by Crippen LogP contribution is 2.39. The average molecular weight is 374 g/mol.